The van der Waals surface area contributed by atoms with Gasteiger partial charge in [0.15, 0.2) is 0 Å². The van der Waals surface area contributed by atoms with Crippen LogP contribution in [0, 0.1) is 17.8 Å². The van der Waals surface area contributed by atoms with Crippen molar-refractivity contribution < 1.29 is 0 Å². The molecule has 0 aliphatic heterocycles. The van der Waals surface area contributed by atoms with E-state index in [9.17, 15) is 0 Å². The molecule has 2 rings (SSSR count). The number of rotatable bonds is 4. The Morgan fingerprint density at radius 1 is 1.38 bits per heavy atom. The van der Waals surface area contributed by atoms with Gasteiger partial charge in [0.1, 0.15) is 0 Å². The fraction of sp³-hybridized carbons (Fsp3) is 0.833. The van der Waals surface area contributed by atoms with Crippen LogP contribution < -0.4 is 5.32 Å². The molecule has 13 heavy (non-hydrogen) atoms. The maximum atomic E-state index is 3.63. The zero-order valence-corrected chi connectivity index (χ0v) is 8.79. The van der Waals surface area contributed by atoms with Gasteiger partial charge in [-0.05, 0) is 50.5 Å². The van der Waals surface area contributed by atoms with Crippen molar-refractivity contribution in [3.8, 4) is 0 Å². The summed E-state index contributed by atoms with van der Waals surface area (Å²) in [5.41, 5.74) is 0. The Morgan fingerprint density at radius 2 is 2.23 bits per heavy atom. The number of hydrogen-bond acceptors (Lipinski definition) is 1. The third kappa shape index (κ3) is 1.96. The Bertz CT molecular complexity index is 197. The maximum absolute atomic E-state index is 3.63. The van der Waals surface area contributed by atoms with E-state index in [4.69, 9.17) is 0 Å². The Balaban J connectivity index is 1.75. The lowest BCUT2D eigenvalue weighted by Gasteiger charge is -2.21. The van der Waals surface area contributed by atoms with E-state index in [0.29, 0.717) is 6.04 Å². The van der Waals surface area contributed by atoms with E-state index >= 15 is 0 Å². The zero-order chi connectivity index (χ0) is 9.26. The molecule has 1 N–H and O–H groups in total. The molecule has 0 saturated heterocycles. The topological polar surface area (TPSA) is 12.0 Å². The van der Waals surface area contributed by atoms with Crippen LogP contribution in [-0.4, -0.2) is 12.6 Å². The molecule has 74 valence electrons. The van der Waals surface area contributed by atoms with E-state index in [2.05, 4.69) is 31.3 Å². The Morgan fingerprint density at radius 3 is 2.77 bits per heavy atom. The summed E-state index contributed by atoms with van der Waals surface area (Å²) in [4.78, 5) is 0. The smallest absolute Gasteiger partial charge is 0.00362 e. The van der Waals surface area contributed by atoms with E-state index in [0.717, 1.165) is 17.8 Å². The first kappa shape index (κ1) is 9.26. The molecule has 0 amide bonds. The predicted octanol–water partition coefficient (Wildman–Crippen LogP) is 2.59. The van der Waals surface area contributed by atoms with Gasteiger partial charge in [0.25, 0.3) is 0 Å². The highest BCUT2D eigenvalue weighted by molar-refractivity contribution is 5.10. The van der Waals surface area contributed by atoms with Crippen LogP contribution in [0.2, 0.25) is 0 Å². The third-order valence-electron chi connectivity index (χ3n) is 3.76. The van der Waals surface area contributed by atoms with Crippen molar-refractivity contribution in [2.24, 2.45) is 17.8 Å². The number of nitrogens with one attached hydrogen (secondary N) is 1. The van der Waals surface area contributed by atoms with E-state index in [1.807, 2.05) is 0 Å². The van der Waals surface area contributed by atoms with Gasteiger partial charge >= 0.3 is 0 Å². The molecule has 1 heteroatoms. The molecule has 2 aliphatic carbocycles. The number of hydrogen-bond donors (Lipinski definition) is 1. The van der Waals surface area contributed by atoms with Crippen LogP contribution in [0.15, 0.2) is 12.2 Å². The molecule has 0 aromatic carbocycles. The average molecular weight is 179 g/mol. The molecule has 1 nitrogen and oxygen atoms in total. The number of allylic oxidation sites excluding steroid dienone is 2. The first-order valence-electron chi connectivity index (χ1n) is 5.71. The van der Waals surface area contributed by atoms with Crippen LogP contribution in [0.3, 0.4) is 0 Å². The van der Waals surface area contributed by atoms with Gasteiger partial charge in [0, 0.05) is 6.04 Å². The highest BCUT2D eigenvalue weighted by Gasteiger charge is 2.35. The number of fused-ring (bicyclic) bond motifs is 2. The van der Waals surface area contributed by atoms with Gasteiger partial charge in [-0.3, -0.25) is 0 Å². The van der Waals surface area contributed by atoms with Crippen LogP contribution in [0.4, 0.5) is 0 Å². The minimum Gasteiger partial charge on any atom is -0.314 e. The Kier molecular flexibility index (Phi) is 2.73. The normalized spacial score (nSPS) is 38.5. The fourth-order valence-electron chi connectivity index (χ4n) is 2.63. The SMILES string of the molecule is CC[C@H](C)NC[C@H]1C[C@H]2C=C[C@H]1C2. The Labute approximate surface area is 81.6 Å². The largest absolute Gasteiger partial charge is 0.314 e. The van der Waals surface area contributed by atoms with Gasteiger partial charge in [-0.25, -0.2) is 0 Å². The van der Waals surface area contributed by atoms with E-state index in [-0.39, 0.29) is 0 Å². The Hall–Kier alpha value is -0.300. The molecule has 2 bridgehead atoms. The molecule has 0 spiro atoms. The first-order chi connectivity index (χ1) is 6.29. The maximum Gasteiger partial charge on any atom is 0.00362 e. The van der Waals surface area contributed by atoms with Gasteiger partial charge in [-0.15, -0.1) is 0 Å². The molecular weight excluding hydrogens is 158 g/mol. The van der Waals surface area contributed by atoms with Gasteiger partial charge in [-0.1, -0.05) is 19.1 Å². The van der Waals surface area contributed by atoms with Crippen LogP contribution >= 0.6 is 0 Å². The highest BCUT2D eigenvalue weighted by Crippen LogP contribution is 2.42. The van der Waals surface area contributed by atoms with Gasteiger partial charge in [-0.2, -0.15) is 0 Å². The summed E-state index contributed by atoms with van der Waals surface area (Å²) >= 11 is 0. The lowest BCUT2D eigenvalue weighted by atomic mass is 9.93. The fourth-order valence-corrected chi connectivity index (χ4v) is 2.63. The average Bonchev–Trinajstić information content (AvgIpc) is 2.74. The second-order valence-corrected chi connectivity index (χ2v) is 4.76. The lowest BCUT2D eigenvalue weighted by molar-refractivity contribution is 0.386. The van der Waals surface area contributed by atoms with Crippen molar-refractivity contribution in [1.82, 2.24) is 5.32 Å². The zero-order valence-electron chi connectivity index (χ0n) is 8.79. The predicted molar refractivity (Wildman–Crippen MR) is 56.6 cm³/mol. The highest BCUT2D eigenvalue weighted by atomic mass is 14.9. The summed E-state index contributed by atoms with van der Waals surface area (Å²) in [6, 6.07) is 0.697. The first-order valence-corrected chi connectivity index (χ1v) is 5.71. The third-order valence-corrected chi connectivity index (χ3v) is 3.76. The van der Waals surface area contributed by atoms with E-state index < -0.39 is 0 Å². The molecule has 0 aromatic heterocycles. The molecule has 0 radical (unpaired) electrons. The second kappa shape index (κ2) is 3.83. The summed E-state index contributed by atoms with van der Waals surface area (Å²) in [5.74, 6) is 2.76. The van der Waals surface area contributed by atoms with Gasteiger partial charge < -0.3 is 5.32 Å². The van der Waals surface area contributed by atoms with Crippen LogP contribution in [0.25, 0.3) is 0 Å². The molecule has 1 fully saturated rings. The van der Waals surface area contributed by atoms with Crippen LogP contribution in [0.1, 0.15) is 33.1 Å². The van der Waals surface area contributed by atoms with E-state index in [1.165, 1.54) is 25.8 Å². The lowest BCUT2D eigenvalue weighted by Crippen LogP contribution is -2.32. The van der Waals surface area contributed by atoms with Crippen molar-refractivity contribution in [1.29, 1.82) is 0 Å². The molecule has 2 aliphatic rings. The summed E-state index contributed by atoms with van der Waals surface area (Å²) in [7, 11) is 0. The van der Waals surface area contributed by atoms with Crippen LogP contribution in [-0.2, 0) is 0 Å². The molecule has 1 saturated carbocycles. The van der Waals surface area contributed by atoms with Crippen molar-refractivity contribution in [3.63, 3.8) is 0 Å². The van der Waals surface area contributed by atoms with Crippen molar-refractivity contribution >= 4 is 0 Å². The molecule has 0 aromatic rings. The van der Waals surface area contributed by atoms with Gasteiger partial charge in [0.05, 0.1) is 0 Å². The molecule has 4 atom stereocenters. The molecule has 0 unspecified atom stereocenters. The standard InChI is InChI=1S/C12H21N/c1-3-9(2)13-8-12-7-10-4-5-11(12)6-10/h4-5,9-13H,3,6-8H2,1-2H3/t9-,10-,11-,12+/m0/s1. The van der Waals surface area contributed by atoms with E-state index in [1.54, 1.807) is 0 Å². The quantitative estimate of drug-likeness (QED) is 0.654. The van der Waals surface area contributed by atoms with Crippen molar-refractivity contribution in [2.75, 3.05) is 6.54 Å². The van der Waals surface area contributed by atoms with Crippen molar-refractivity contribution in [3.05, 3.63) is 12.2 Å². The summed E-state index contributed by atoms with van der Waals surface area (Å²) < 4.78 is 0. The molecule has 0 heterocycles. The summed E-state index contributed by atoms with van der Waals surface area (Å²) in [6.07, 6.45) is 8.98. The summed E-state index contributed by atoms with van der Waals surface area (Å²) in [5, 5.41) is 3.63. The van der Waals surface area contributed by atoms with Crippen LogP contribution in [0.5, 0.6) is 0 Å². The van der Waals surface area contributed by atoms with Crippen molar-refractivity contribution in [2.45, 2.75) is 39.2 Å². The van der Waals surface area contributed by atoms with Gasteiger partial charge in [0.2, 0.25) is 0 Å². The molecular formula is C12H21N. The monoisotopic (exact) mass is 179 g/mol. The summed E-state index contributed by atoms with van der Waals surface area (Å²) in [6.45, 7) is 5.77. The minimum absolute atomic E-state index is 0.697. The minimum atomic E-state index is 0.697. The second-order valence-electron chi connectivity index (χ2n) is 4.76.